The molecule has 26 heavy (non-hydrogen) atoms. The first-order valence-corrected chi connectivity index (χ1v) is 8.40. The van der Waals surface area contributed by atoms with E-state index in [1.807, 2.05) is 0 Å². The van der Waals surface area contributed by atoms with Gasteiger partial charge < -0.3 is 10.2 Å². The fourth-order valence-electron chi connectivity index (χ4n) is 3.07. The number of aromatic amines is 1. The molecule has 0 fully saturated rings. The molecule has 0 spiro atoms. The van der Waals surface area contributed by atoms with Crippen LogP contribution in [0.1, 0.15) is 24.7 Å². The van der Waals surface area contributed by atoms with Crippen LogP contribution in [-0.2, 0) is 22.4 Å². The lowest BCUT2D eigenvalue weighted by Crippen LogP contribution is -2.42. The number of likely N-dealkylation sites (N-methyl/N-ethyl adjacent to an activating group) is 1. The van der Waals surface area contributed by atoms with Crippen molar-refractivity contribution in [3.63, 3.8) is 0 Å². The Kier molecular flexibility index (Phi) is 5.24. The monoisotopic (exact) mass is 363 g/mol. The molecule has 0 radical (unpaired) electrons. The minimum Gasteiger partial charge on any atom is -0.333 e. The number of halogens is 2. The Hall–Kier alpha value is -2.84. The Morgan fingerprint density at radius 3 is 2.65 bits per heavy atom. The summed E-state index contributed by atoms with van der Waals surface area (Å²) >= 11 is 0. The second-order valence-electron chi connectivity index (χ2n) is 6.15. The van der Waals surface area contributed by atoms with Crippen molar-refractivity contribution in [1.82, 2.24) is 20.3 Å². The molecule has 7 nitrogen and oxygen atoms in total. The van der Waals surface area contributed by atoms with Gasteiger partial charge in [0.1, 0.15) is 17.3 Å². The molecule has 1 aliphatic rings. The first-order valence-electron chi connectivity index (χ1n) is 8.40. The molecule has 0 aliphatic heterocycles. The topological polar surface area (TPSA) is 91.0 Å². The molecule has 2 aromatic rings. The van der Waals surface area contributed by atoms with E-state index in [1.165, 1.54) is 11.0 Å². The molecular formula is C17H19F2N5O2. The van der Waals surface area contributed by atoms with Crippen molar-refractivity contribution in [2.45, 2.75) is 26.2 Å². The van der Waals surface area contributed by atoms with E-state index in [9.17, 15) is 18.4 Å². The third kappa shape index (κ3) is 3.71. The molecule has 2 N–H and O–H groups in total. The minimum absolute atomic E-state index is 0.176. The maximum atomic E-state index is 13.6. The van der Waals surface area contributed by atoms with Gasteiger partial charge in [-0.3, -0.25) is 9.59 Å². The van der Waals surface area contributed by atoms with Crippen molar-refractivity contribution >= 4 is 17.5 Å². The third-order valence-corrected chi connectivity index (χ3v) is 4.48. The van der Waals surface area contributed by atoms with Crippen LogP contribution in [0.15, 0.2) is 18.2 Å². The standard InChI is InChI=1S/C17H19F2N5O2/c1-2-24(9-15(25)20-16-11(18)4-3-5-12(16)19)17(26)10-6-7-13-14(8-10)22-23-21-13/h3-5,10H,2,6-9H2,1H3,(H,20,25)(H,21,22,23)/t10-/m1/s1. The highest BCUT2D eigenvalue weighted by atomic mass is 19.1. The number of aryl methyl sites for hydroxylation is 1. The van der Waals surface area contributed by atoms with Crippen molar-refractivity contribution in [1.29, 1.82) is 0 Å². The Morgan fingerprint density at radius 2 is 1.96 bits per heavy atom. The number of H-pyrrole nitrogens is 1. The molecule has 0 saturated heterocycles. The van der Waals surface area contributed by atoms with Crippen molar-refractivity contribution in [2.75, 3.05) is 18.4 Å². The van der Waals surface area contributed by atoms with E-state index in [4.69, 9.17) is 0 Å². The quantitative estimate of drug-likeness (QED) is 0.846. The summed E-state index contributed by atoms with van der Waals surface area (Å²) in [6.45, 7) is 1.79. The first kappa shape index (κ1) is 18.0. The van der Waals surface area contributed by atoms with Crippen LogP contribution in [0.25, 0.3) is 0 Å². The van der Waals surface area contributed by atoms with Crippen LogP contribution in [0.5, 0.6) is 0 Å². The smallest absolute Gasteiger partial charge is 0.244 e. The van der Waals surface area contributed by atoms with Crippen LogP contribution in [0.3, 0.4) is 0 Å². The fraction of sp³-hybridized carbons (Fsp3) is 0.412. The number of fused-ring (bicyclic) bond motifs is 1. The third-order valence-electron chi connectivity index (χ3n) is 4.48. The number of hydrogen-bond acceptors (Lipinski definition) is 4. The predicted octanol–water partition coefficient (Wildman–Crippen LogP) is 1.68. The van der Waals surface area contributed by atoms with Gasteiger partial charge in [-0.2, -0.15) is 15.4 Å². The van der Waals surface area contributed by atoms with Crippen LogP contribution in [0, 0.1) is 17.6 Å². The molecular weight excluding hydrogens is 344 g/mol. The van der Waals surface area contributed by atoms with Gasteiger partial charge in [0, 0.05) is 18.9 Å². The average Bonchev–Trinajstić information content (AvgIpc) is 3.10. The average molecular weight is 363 g/mol. The first-order chi connectivity index (χ1) is 12.5. The number of rotatable bonds is 5. The molecule has 2 amide bonds. The summed E-state index contributed by atoms with van der Waals surface area (Å²) < 4.78 is 27.3. The lowest BCUT2D eigenvalue weighted by atomic mass is 9.88. The number of nitrogens with zero attached hydrogens (tertiary/aromatic N) is 3. The number of carbonyl (C=O) groups is 2. The fourth-order valence-corrected chi connectivity index (χ4v) is 3.07. The summed E-state index contributed by atoms with van der Waals surface area (Å²) in [6, 6.07) is 3.32. The van der Waals surface area contributed by atoms with Crippen LogP contribution in [-0.4, -0.2) is 45.2 Å². The number of benzene rings is 1. The molecule has 3 rings (SSSR count). The zero-order valence-electron chi connectivity index (χ0n) is 14.3. The molecule has 0 unspecified atom stereocenters. The maximum Gasteiger partial charge on any atom is 0.244 e. The van der Waals surface area contributed by atoms with E-state index in [-0.39, 0.29) is 18.4 Å². The molecule has 1 aromatic carbocycles. The zero-order chi connectivity index (χ0) is 18.7. The number of para-hydroxylation sites is 1. The van der Waals surface area contributed by atoms with Crippen molar-refractivity contribution < 1.29 is 18.4 Å². The number of nitrogens with one attached hydrogen (secondary N) is 2. The van der Waals surface area contributed by atoms with Crippen molar-refractivity contribution in [3.8, 4) is 0 Å². The Bertz CT molecular complexity index is 803. The number of carbonyl (C=O) groups excluding carboxylic acids is 2. The predicted molar refractivity (Wildman–Crippen MR) is 89.1 cm³/mol. The van der Waals surface area contributed by atoms with Gasteiger partial charge in [0.25, 0.3) is 0 Å². The van der Waals surface area contributed by atoms with E-state index in [0.29, 0.717) is 25.8 Å². The van der Waals surface area contributed by atoms with Crippen LogP contribution in [0.2, 0.25) is 0 Å². The largest absolute Gasteiger partial charge is 0.333 e. The Labute approximate surface area is 148 Å². The molecule has 138 valence electrons. The van der Waals surface area contributed by atoms with Crippen LogP contribution >= 0.6 is 0 Å². The molecule has 9 heteroatoms. The van der Waals surface area contributed by atoms with Crippen molar-refractivity contribution in [3.05, 3.63) is 41.2 Å². The molecule has 1 heterocycles. The Morgan fingerprint density at radius 1 is 1.27 bits per heavy atom. The number of hydrogen-bond donors (Lipinski definition) is 2. The van der Waals surface area contributed by atoms with Gasteiger partial charge >= 0.3 is 0 Å². The van der Waals surface area contributed by atoms with E-state index < -0.39 is 23.2 Å². The molecule has 1 aliphatic carbocycles. The second kappa shape index (κ2) is 7.59. The lowest BCUT2D eigenvalue weighted by molar-refractivity contribution is -0.138. The molecule has 0 saturated carbocycles. The van der Waals surface area contributed by atoms with Crippen molar-refractivity contribution in [2.24, 2.45) is 5.92 Å². The van der Waals surface area contributed by atoms with E-state index in [2.05, 4.69) is 20.7 Å². The highest BCUT2D eigenvalue weighted by Gasteiger charge is 2.30. The number of aromatic nitrogens is 3. The summed E-state index contributed by atoms with van der Waals surface area (Å²) in [5, 5.41) is 12.8. The number of amides is 2. The summed E-state index contributed by atoms with van der Waals surface area (Å²) in [7, 11) is 0. The van der Waals surface area contributed by atoms with Gasteiger partial charge in [0.15, 0.2) is 0 Å². The summed E-state index contributed by atoms with van der Waals surface area (Å²) in [5.41, 5.74) is 1.12. The maximum absolute atomic E-state index is 13.6. The van der Waals surface area contributed by atoms with Gasteiger partial charge in [-0.25, -0.2) is 8.78 Å². The van der Waals surface area contributed by atoms with Gasteiger partial charge in [-0.1, -0.05) is 6.07 Å². The molecule has 1 aromatic heterocycles. The normalized spacial score (nSPS) is 16.0. The number of anilines is 1. The second-order valence-corrected chi connectivity index (χ2v) is 6.15. The zero-order valence-corrected chi connectivity index (χ0v) is 14.3. The SMILES string of the molecule is CCN(CC(=O)Nc1c(F)cccc1F)C(=O)[C@@H]1CCc2n[nH]nc2C1. The summed E-state index contributed by atoms with van der Waals surface area (Å²) in [4.78, 5) is 26.3. The minimum atomic E-state index is -0.862. The molecule has 0 bridgehead atoms. The lowest BCUT2D eigenvalue weighted by Gasteiger charge is -2.27. The van der Waals surface area contributed by atoms with E-state index in [1.54, 1.807) is 6.92 Å². The highest BCUT2D eigenvalue weighted by Crippen LogP contribution is 2.24. The van der Waals surface area contributed by atoms with Gasteiger partial charge in [0.05, 0.1) is 17.9 Å². The van der Waals surface area contributed by atoms with E-state index >= 15 is 0 Å². The van der Waals surface area contributed by atoms with Gasteiger partial charge in [-0.15, -0.1) is 0 Å². The summed E-state index contributed by atoms with van der Waals surface area (Å²) in [6.07, 6.45) is 1.73. The molecule has 1 atom stereocenters. The highest BCUT2D eigenvalue weighted by molar-refractivity contribution is 5.95. The summed E-state index contributed by atoms with van der Waals surface area (Å²) in [5.74, 6) is -2.84. The van der Waals surface area contributed by atoms with Gasteiger partial charge in [0.2, 0.25) is 11.8 Å². The van der Waals surface area contributed by atoms with Gasteiger partial charge in [-0.05, 0) is 31.9 Å². The van der Waals surface area contributed by atoms with Crippen LogP contribution in [0.4, 0.5) is 14.5 Å². The Balaban J connectivity index is 1.64. The van der Waals surface area contributed by atoms with E-state index in [0.717, 1.165) is 23.5 Å². The van der Waals surface area contributed by atoms with Crippen LogP contribution < -0.4 is 5.32 Å².